The lowest BCUT2D eigenvalue weighted by atomic mass is 10.1. The summed E-state index contributed by atoms with van der Waals surface area (Å²) in [5.41, 5.74) is -0.358. The number of aromatic carboxylic acids is 1. The van der Waals surface area contributed by atoms with E-state index in [1.54, 1.807) is 7.11 Å². The quantitative estimate of drug-likeness (QED) is 0.912. The van der Waals surface area contributed by atoms with Crippen LogP contribution in [0.2, 0.25) is 0 Å². The van der Waals surface area contributed by atoms with E-state index in [4.69, 9.17) is 9.84 Å². The highest BCUT2D eigenvalue weighted by atomic mass is 19.2. The van der Waals surface area contributed by atoms with Crippen molar-refractivity contribution in [2.24, 2.45) is 0 Å². The molecular weight excluding hydrogens is 270 g/mol. The number of carboxylic acids is 1. The molecule has 0 aliphatic carbocycles. The molecule has 5 nitrogen and oxygen atoms in total. The Morgan fingerprint density at radius 3 is 2.80 bits per heavy atom. The topological polar surface area (TPSA) is 64.3 Å². The van der Waals surface area contributed by atoms with Crippen LogP contribution in [0, 0.1) is 11.6 Å². The molecule has 0 aliphatic heterocycles. The van der Waals surface area contributed by atoms with E-state index >= 15 is 0 Å². The number of carbonyl (C=O) groups is 1. The molecule has 0 spiro atoms. The Balaban J connectivity index is 2.36. The number of hydrogen-bond acceptors (Lipinski definition) is 3. The second-order valence-electron chi connectivity index (χ2n) is 4.08. The summed E-state index contributed by atoms with van der Waals surface area (Å²) < 4.78 is 33.9. The molecule has 0 atom stereocenters. The molecule has 2 rings (SSSR count). The van der Waals surface area contributed by atoms with Gasteiger partial charge in [-0.3, -0.25) is 4.68 Å². The van der Waals surface area contributed by atoms with Gasteiger partial charge in [-0.15, -0.1) is 0 Å². The first-order chi connectivity index (χ1) is 9.54. The minimum Gasteiger partial charge on any atom is -0.478 e. The third-order valence-electron chi connectivity index (χ3n) is 2.78. The predicted molar refractivity (Wildman–Crippen MR) is 66.4 cm³/mol. The summed E-state index contributed by atoms with van der Waals surface area (Å²) in [6.07, 6.45) is 2.92. The predicted octanol–water partition coefficient (Wildman–Crippen LogP) is 2.17. The van der Waals surface area contributed by atoms with Crippen LogP contribution in [-0.4, -0.2) is 34.6 Å². The third kappa shape index (κ3) is 2.67. The van der Waals surface area contributed by atoms with Gasteiger partial charge >= 0.3 is 5.97 Å². The van der Waals surface area contributed by atoms with Crippen molar-refractivity contribution < 1.29 is 23.4 Å². The second-order valence-corrected chi connectivity index (χ2v) is 4.08. The summed E-state index contributed by atoms with van der Waals surface area (Å²) in [5, 5.41) is 12.7. The maximum absolute atomic E-state index is 13.9. The van der Waals surface area contributed by atoms with Crippen LogP contribution in [0.25, 0.3) is 11.1 Å². The summed E-state index contributed by atoms with van der Waals surface area (Å²) in [6, 6.07) is 2.25. The van der Waals surface area contributed by atoms with Crippen molar-refractivity contribution in [2.45, 2.75) is 6.54 Å². The first kappa shape index (κ1) is 14.1. The maximum Gasteiger partial charge on any atom is 0.338 e. The van der Waals surface area contributed by atoms with E-state index in [0.29, 0.717) is 18.7 Å². The summed E-state index contributed by atoms with van der Waals surface area (Å²) in [6.45, 7) is 0.920. The number of hydrogen-bond donors (Lipinski definition) is 1. The monoisotopic (exact) mass is 282 g/mol. The van der Waals surface area contributed by atoms with E-state index in [2.05, 4.69) is 5.10 Å². The van der Waals surface area contributed by atoms with Gasteiger partial charge in [0.2, 0.25) is 0 Å². The largest absolute Gasteiger partial charge is 0.478 e. The van der Waals surface area contributed by atoms with Crippen molar-refractivity contribution in [2.75, 3.05) is 13.7 Å². The molecule has 0 unspecified atom stereocenters. The highest BCUT2D eigenvalue weighted by Gasteiger charge is 2.19. The van der Waals surface area contributed by atoms with Gasteiger partial charge in [0.1, 0.15) is 0 Å². The number of halogens is 2. The van der Waals surface area contributed by atoms with Crippen LogP contribution < -0.4 is 0 Å². The van der Waals surface area contributed by atoms with Crippen LogP contribution in [0.4, 0.5) is 8.78 Å². The van der Waals surface area contributed by atoms with Gasteiger partial charge in [0.25, 0.3) is 0 Å². The fourth-order valence-electron chi connectivity index (χ4n) is 1.75. The van der Waals surface area contributed by atoms with Crippen molar-refractivity contribution in [3.63, 3.8) is 0 Å². The van der Waals surface area contributed by atoms with E-state index in [9.17, 15) is 13.6 Å². The first-order valence-corrected chi connectivity index (χ1v) is 5.77. The minimum absolute atomic E-state index is 0.0313. The van der Waals surface area contributed by atoms with Gasteiger partial charge in [-0.2, -0.15) is 5.10 Å². The van der Waals surface area contributed by atoms with Crippen molar-refractivity contribution in [1.82, 2.24) is 9.78 Å². The number of ether oxygens (including phenoxy) is 1. The van der Waals surface area contributed by atoms with E-state index in [1.165, 1.54) is 23.1 Å². The Kier molecular flexibility index (Phi) is 4.09. The Bertz CT molecular complexity index is 641. The van der Waals surface area contributed by atoms with E-state index in [0.717, 1.165) is 6.07 Å². The average molecular weight is 282 g/mol. The lowest BCUT2D eigenvalue weighted by Crippen LogP contribution is -2.04. The van der Waals surface area contributed by atoms with Gasteiger partial charge in [0, 0.05) is 24.4 Å². The molecule has 0 aliphatic rings. The Labute approximate surface area is 113 Å². The molecule has 0 saturated carbocycles. The molecule has 2 aromatic rings. The van der Waals surface area contributed by atoms with Gasteiger partial charge in [0.05, 0.1) is 24.9 Å². The molecule has 0 radical (unpaired) electrons. The van der Waals surface area contributed by atoms with Crippen LogP contribution in [0.1, 0.15) is 10.4 Å². The highest BCUT2D eigenvalue weighted by Crippen LogP contribution is 2.26. The molecule has 1 aromatic heterocycles. The van der Waals surface area contributed by atoms with Crippen LogP contribution in [-0.2, 0) is 11.3 Å². The van der Waals surface area contributed by atoms with Gasteiger partial charge in [-0.05, 0) is 6.07 Å². The summed E-state index contributed by atoms with van der Waals surface area (Å²) >= 11 is 0. The molecule has 7 heteroatoms. The van der Waals surface area contributed by atoms with Gasteiger partial charge in [0.15, 0.2) is 11.6 Å². The fourth-order valence-corrected chi connectivity index (χ4v) is 1.75. The van der Waals surface area contributed by atoms with E-state index in [-0.39, 0.29) is 5.56 Å². The molecule has 1 N–H and O–H groups in total. The van der Waals surface area contributed by atoms with Crippen LogP contribution in [0.3, 0.4) is 0 Å². The number of carboxylic acid groups (broad SMARTS) is 1. The molecule has 0 fully saturated rings. The zero-order valence-corrected chi connectivity index (χ0v) is 10.6. The molecule has 1 aromatic carbocycles. The molecule has 0 amide bonds. The van der Waals surface area contributed by atoms with Crippen molar-refractivity contribution in [1.29, 1.82) is 0 Å². The maximum atomic E-state index is 13.9. The standard InChI is InChI=1S/C13H12F2N2O3/c1-20-5-4-17-7-8(6-16-17)9-2-3-10(13(18)19)12(15)11(9)14/h2-3,6-7H,4-5H2,1H3,(H,18,19). The Morgan fingerprint density at radius 1 is 1.40 bits per heavy atom. The number of nitrogens with zero attached hydrogens (tertiary/aromatic N) is 2. The Hall–Kier alpha value is -2.28. The SMILES string of the molecule is COCCn1cc(-c2ccc(C(=O)O)c(F)c2F)cn1. The van der Waals surface area contributed by atoms with Crippen LogP contribution in [0.5, 0.6) is 0 Å². The zero-order valence-electron chi connectivity index (χ0n) is 10.6. The Morgan fingerprint density at radius 2 is 2.15 bits per heavy atom. The second kappa shape index (κ2) is 5.79. The third-order valence-corrected chi connectivity index (χ3v) is 2.78. The van der Waals surface area contributed by atoms with Gasteiger partial charge in [-0.1, -0.05) is 6.07 Å². The number of aromatic nitrogens is 2. The fraction of sp³-hybridized carbons (Fsp3) is 0.231. The molecule has 0 saturated heterocycles. The van der Waals surface area contributed by atoms with Gasteiger partial charge < -0.3 is 9.84 Å². The summed E-state index contributed by atoms with van der Waals surface area (Å²) in [7, 11) is 1.55. The molecular formula is C13H12F2N2O3. The normalized spacial score (nSPS) is 10.8. The molecule has 0 bridgehead atoms. The summed E-state index contributed by atoms with van der Waals surface area (Å²) in [4.78, 5) is 10.7. The van der Waals surface area contributed by atoms with Crippen molar-refractivity contribution >= 4 is 5.97 Å². The van der Waals surface area contributed by atoms with Crippen molar-refractivity contribution in [3.8, 4) is 11.1 Å². The molecule has 106 valence electrons. The highest BCUT2D eigenvalue weighted by molar-refractivity contribution is 5.88. The van der Waals surface area contributed by atoms with E-state index < -0.39 is 23.2 Å². The number of methoxy groups -OCH3 is 1. The molecule has 1 heterocycles. The van der Waals surface area contributed by atoms with Crippen molar-refractivity contribution in [3.05, 3.63) is 41.7 Å². The lowest BCUT2D eigenvalue weighted by Gasteiger charge is -2.04. The summed E-state index contributed by atoms with van der Waals surface area (Å²) in [5.74, 6) is -4.08. The van der Waals surface area contributed by atoms with Crippen LogP contribution in [0.15, 0.2) is 24.5 Å². The van der Waals surface area contributed by atoms with E-state index in [1.807, 2.05) is 0 Å². The number of rotatable bonds is 5. The van der Waals surface area contributed by atoms with Crippen LogP contribution >= 0.6 is 0 Å². The first-order valence-electron chi connectivity index (χ1n) is 5.77. The average Bonchev–Trinajstić information content (AvgIpc) is 2.87. The minimum atomic E-state index is -1.51. The zero-order chi connectivity index (χ0) is 14.7. The van der Waals surface area contributed by atoms with Gasteiger partial charge in [-0.25, -0.2) is 13.6 Å². The number of benzene rings is 1. The smallest absolute Gasteiger partial charge is 0.338 e. The molecule has 20 heavy (non-hydrogen) atoms. The lowest BCUT2D eigenvalue weighted by molar-refractivity contribution is 0.0690.